The maximum atomic E-state index is 13.6. The molecule has 3 aromatic carbocycles. The van der Waals surface area contributed by atoms with Crippen molar-refractivity contribution in [1.82, 2.24) is 4.98 Å². The van der Waals surface area contributed by atoms with E-state index in [4.69, 9.17) is 9.16 Å². The van der Waals surface area contributed by atoms with Crippen molar-refractivity contribution >= 4 is 30.4 Å². The number of esters is 1. The van der Waals surface area contributed by atoms with Crippen LogP contribution in [0.4, 0.5) is 0 Å². The average molecular weight is 552 g/mol. The molecular weight excluding hydrogens is 514 g/mol. The van der Waals surface area contributed by atoms with Crippen LogP contribution in [0, 0.1) is 6.92 Å². The Morgan fingerprint density at radius 2 is 1.35 bits per heavy atom. The lowest BCUT2D eigenvalue weighted by molar-refractivity contribution is 0.0599. The third-order valence-electron chi connectivity index (χ3n) is 7.42. The maximum absolute atomic E-state index is 13.6. The molecule has 0 aliphatic rings. The number of hydrogen-bond donors (Lipinski definition) is 0. The Balaban J connectivity index is 1.79. The molecular formula is C34H37NO4Si. The van der Waals surface area contributed by atoms with E-state index >= 15 is 0 Å². The van der Waals surface area contributed by atoms with Gasteiger partial charge in [-0.15, -0.1) is 0 Å². The molecule has 206 valence electrons. The number of carbonyl (C=O) groups is 2. The molecule has 0 aliphatic heterocycles. The summed E-state index contributed by atoms with van der Waals surface area (Å²) in [7, 11) is -1.54. The van der Waals surface area contributed by atoms with Crippen LogP contribution in [0.5, 0.6) is 0 Å². The SMILES string of the molecule is COC(=O)c1ccc(C(=O)c2cc(C(C)(C)O[Si](c3ccccc3)(c3ccccc3)C(C)(C)C)ccc2C)nc1. The third-order valence-corrected chi connectivity index (χ3v) is 12.6. The maximum Gasteiger partial charge on any atom is 0.339 e. The first-order chi connectivity index (χ1) is 18.9. The summed E-state index contributed by atoms with van der Waals surface area (Å²) in [5.41, 5.74) is 2.13. The average Bonchev–Trinajstić information content (AvgIpc) is 2.95. The van der Waals surface area contributed by atoms with Crippen molar-refractivity contribution in [2.24, 2.45) is 0 Å². The van der Waals surface area contributed by atoms with Gasteiger partial charge in [-0.05, 0) is 65.5 Å². The van der Waals surface area contributed by atoms with Gasteiger partial charge in [0.2, 0.25) is 5.78 Å². The molecule has 40 heavy (non-hydrogen) atoms. The lowest BCUT2D eigenvalue weighted by Crippen LogP contribution is -2.68. The highest BCUT2D eigenvalue weighted by atomic mass is 28.4. The van der Waals surface area contributed by atoms with E-state index in [9.17, 15) is 9.59 Å². The Kier molecular flexibility index (Phi) is 8.24. The minimum Gasteiger partial charge on any atom is -0.465 e. The lowest BCUT2D eigenvalue weighted by atomic mass is 9.92. The fourth-order valence-corrected chi connectivity index (χ4v) is 10.1. The van der Waals surface area contributed by atoms with Gasteiger partial charge in [0.15, 0.2) is 0 Å². The molecule has 0 saturated carbocycles. The molecule has 0 saturated heterocycles. The summed E-state index contributed by atoms with van der Waals surface area (Å²) >= 11 is 0. The molecule has 1 aromatic heterocycles. The molecule has 0 bridgehead atoms. The summed E-state index contributed by atoms with van der Waals surface area (Å²) < 4.78 is 12.2. The van der Waals surface area contributed by atoms with E-state index in [0.717, 1.165) is 11.1 Å². The molecule has 0 radical (unpaired) electrons. The predicted molar refractivity (Wildman–Crippen MR) is 162 cm³/mol. The topological polar surface area (TPSA) is 65.5 Å². The summed E-state index contributed by atoms with van der Waals surface area (Å²) in [6.07, 6.45) is 1.37. The minimum absolute atomic E-state index is 0.193. The van der Waals surface area contributed by atoms with Crippen molar-refractivity contribution in [1.29, 1.82) is 0 Å². The Morgan fingerprint density at radius 3 is 1.82 bits per heavy atom. The number of pyridine rings is 1. The molecule has 0 N–H and O–H groups in total. The summed E-state index contributed by atoms with van der Waals surface area (Å²) in [6, 6.07) is 30.1. The fraction of sp³-hybridized carbons (Fsp3) is 0.265. The van der Waals surface area contributed by atoms with Crippen LogP contribution in [0.1, 0.15) is 72.2 Å². The van der Waals surface area contributed by atoms with Gasteiger partial charge < -0.3 is 9.16 Å². The number of ether oxygens (including phenoxy) is 1. The third kappa shape index (κ3) is 5.55. The second-order valence-electron chi connectivity index (χ2n) is 11.6. The molecule has 5 nitrogen and oxygen atoms in total. The zero-order valence-electron chi connectivity index (χ0n) is 24.3. The number of aryl methyl sites for hydroxylation is 1. The monoisotopic (exact) mass is 551 g/mol. The molecule has 1 heterocycles. The van der Waals surface area contributed by atoms with Crippen LogP contribution < -0.4 is 10.4 Å². The quantitative estimate of drug-likeness (QED) is 0.148. The molecule has 0 atom stereocenters. The van der Waals surface area contributed by atoms with Crippen LogP contribution in [0.3, 0.4) is 0 Å². The van der Waals surface area contributed by atoms with Crippen molar-refractivity contribution in [2.75, 3.05) is 7.11 Å². The molecule has 0 amide bonds. The Hall–Kier alpha value is -3.87. The van der Waals surface area contributed by atoms with E-state index in [0.29, 0.717) is 11.1 Å². The van der Waals surface area contributed by atoms with Gasteiger partial charge in [0.1, 0.15) is 5.69 Å². The molecule has 4 rings (SSSR count). The largest absolute Gasteiger partial charge is 0.465 e. The summed E-state index contributed by atoms with van der Waals surface area (Å²) in [5, 5.41) is 2.20. The van der Waals surface area contributed by atoms with E-state index in [2.05, 4.69) is 88.1 Å². The van der Waals surface area contributed by atoms with Gasteiger partial charge >= 0.3 is 5.97 Å². The molecule has 4 aromatic rings. The fourth-order valence-electron chi connectivity index (χ4n) is 5.24. The minimum atomic E-state index is -2.85. The second kappa shape index (κ2) is 11.3. The van der Waals surface area contributed by atoms with Gasteiger partial charge in [0.25, 0.3) is 8.32 Å². The van der Waals surface area contributed by atoms with Crippen molar-refractivity contribution in [2.45, 2.75) is 52.2 Å². The number of methoxy groups -OCH3 is 1. The van der Waals surface area contributed by atoms with Crippen LogP contribution in [0.25, 0.3) is 0 Å². The first-order valence-corrected chi connectivity index (χ1v) is 15.3. The number of carbonyl (C=O) groups excluding carboxylic acids is 2. The highest BCUT2D eigenvalue weighted by Gasteiger charge is 2.53. The number of rotatable bonds is 8. The van der Waals surface area contributed by atoms with Gasteiger partial charge in [-0.1, -0.05) is 93.6 Å². The van der Waals surface area contributed by atoms with Crippen molar-refractivity contribution in [3.63, 3.8) is 0 Å². The summed E-state index contributed by atoms with van der Waals surface area (Å²) in [6.45, 7) is 12.8. The van der Waals surface area contributed by atoms with Gasteiger partial charge in [-0.2, -0.15) is 0 Å². The van der Waals surface area contributed by atoms with Gasteiger partial charge in [0, 0.05) is 11.8 Å². The zero-order chi connectivity index (χ0) is 29.1. The standard InChI is InChI=1S/C34H37NO4Si/c1-24-18-20-26(22-29(24)31(36)30-21-19-25(23-35-30)32(37)38-7)34(5,6)39-40(33(2,3)4,27-14-10-8-11-15-27)28-16-12-9-13-17-28/h8-23H,1-7H3. The Bertz CT molecular complexity index is 1450. The number of benzene rings is 3. The van der Waals surface area contributed by atoms with Crippen LogP contribution in [-0.2, 0) is 14.8 Å². The molecule has 0 unspecified atom stereocenters. The number of nitrogens with zero attached hydrogens (tertiary/aromatic N) is 1. The number of hydrogen-bond acceptors (Lipinski definition) is 5. The summed E-state index contributed by atoms with van der Waals surface area (Å²) in [5.74, 6) is -0.705. The van der Waals surface area contributed by atoms with E-state index in [-0.39, 0.29) is 16.5 Å². The van der Waals surface area contributed by atoms with E-state index in [1.54, 1.807) is 12.1 Å². The number of ketones is 1. The van der Waals surface area contributed by atoms with Crippen molar-refractivity contribution < 1.29 is 18.8 Å². The van der Waals surface area contributed by atoms with Crippen molar-refractivity contribution in [3.8, 4) is 0 Å². The normalized spacial score (nSPS) is 12.2. The van der Waals surface area contributed by atoms with E-state index < -0.39 is 19.9 Å². The van der Waals surface area contributed by atoms with E-state index in [1.807, 2.05) is 37.3 Å². The van der Waals surface area contributed by atoms with Gasteiger partial charge in [-0.25, -0.2) is 4.79 Å². The van der Waals surface area contributed by atoms with Crippen molar-refractivity contribution in [3.05, 3.63) is 125 Å². The molecule has 0 aliphatic carbocycles. The molecule has 6 heteroatoms. The zero-order valence-corrected chi connectivity index (χ0v) is 25.3. The van der Waals surface area contributed by atoms with Crippen LogP contribution in [-0.4, -0.2) is 32.2 Å². The highest BCUT2D eigenvalue weighted by molar-refractivity contribution is 6.99. The number of aromatic nitrogens is 1. The van der Waals surface area contributed by atoms with Crippen LogP contribution >= 0.6 is 0 Å². The first-order valence-electron chi connectivity index (χ1n) is 13.4. The highest BCUT2D eigenvalue weighted by Crippen LogP contribution is 2.42. The lowest BCUT2D eigenvalue weighted by Gasteiger charge is -2.48. The van der Waals surface area contributed by atoms with Gasteiger partial charge in [-0.3, -0.25) is 9.78 Å². The predicted octanol–water partition coefficient (Wildman–Crippen LogP) is 6.22. The van der Waals surface area contributed by atoms with E-state index in [1.165, 1.54) is 23.7 Å². The second-order valence-corrected chi connectivity index (χ2v) is 15.8. The first kappa shape index (κ1) is 29.1. The van der Waals surface area contributed by atoms with Crippen LogP contribution in [0.15, 0.2) is 97.2 Å². The molecule has 0 spiro atoms. The Morgan fingerprint density at radius 1 is 0.775 bits per heavy atom. The van der Waals surface area contributed by atoms with Crippen LogP contribution in [0.2, 0.25) is 5.04 Å². The Labute approximate surface area is 238 Å². The smallest absolute Gasteiger partial charge is 0.339 e. The summed E-state index contributed by atoms with van der Waals surface area (Å²) in [4.78, 5) is 29.6. The van der Waals surface area contributed by atoms with Gasteiger partial charge in [0.05, 0.1) is 18.3 Å². The molecule has 0 fully saturated rings.